The Morgan fingerprint density at radius 1 is 1.14 bits per heavy atom. The second-order valence-corrected chi connectivity index (χ2v) is 8.83. The molecule has 3 N–H and O–H groups in total. The van der Waals surface area contributed by atoms with Gasteiger partial charge in [-0.2, -0.15) is 0 Å². The third-order valence-electron chi connectivity index (χ3n) is 5.14. The lowest BCUT2D eigenvalue weighted by molar-refractivity contribution is 0.0905. The van der Waals surface area contributed by atoms with Crippen LogP contribution in [-0.4, -0.2) is 51.5 Å². The normalized spacial score (nSPS) is 15.8. The standard InChI is InChI=1S/C21H27N3O4S/c1-16-4-2-3-5-20(16)21(25)23-17-10-12-24(13-11-17)14-15-28-18-6-8-19(9-7-18)29(22,26)27/h2-9,17H,10-15H2,1H3,(H,23,25)(H2,22,26,27). The van der Waals surface area contributed by atoms with E-state index in [0.717, 1.165) is 43.6 Å². The van der Waals surface area contributed by atoms with Crippen LogP contribution in [0.3, 0.4) is 0 Å². The summed E-state index contributed by atoms with van der Waals surface area (Å²) in [6, 6.07) is 13.9. The summed E-state index contributed by atoms with van der Waals surface area (Å²) in [5.41, 5.74) is 1.72. The molecule has 7 nitrogen and oxygen atoms in total. The van der Waals surface area contributed by atoms with Gasteiger partial charge in [-0.1, -0.05) is 18.2 Å². The van der Waals surface area contributed by atoms with Crippen molar-refractivity contribution in [2.75, 3.05) is 26.2 Å². The quantitative estimate of drug-likeness (QED) is 0.717. The zero-order valence-electron chi connectivity index (χ0n) is 16.5. The highest BCUT2D eigenvalue weighted by Gasteiger charge is 2.21. The van der Waals surface area contributed by atoms with Crippen LogP contribution < -0.4 is 15.2 Å². The summed E-state index contributed by atoms with van der Waals surface area (Å²) < 4.78 is 28.2. The van der Waals surface area contributed by atoms with Gasteiger partial charge < -0.3 is 10.1 Å². The van der Waals surface area contributed by atoms with Gasteiger partial charge in [-0.3, -0.25) is 9.69 Å². The van der Waals surface area contributed by atoms with Crippen LogP contribution in [0.25, 0.3) is 0 Å². The van der Waals surface area contributed by atoms with Crippen LogP contribution in [0.5, 0.6) is 5.75 Å². The van der Waals surface area contributed by atoms with Crippen LogP contribution in [0.15, 0.2) is 53.4 Å². The van der Waals surface area contributed by atoms with Crippen molar-refractivity contribution in [2.45, 2.75) is 30.7 Å². The zero-order chi connectivity index (χ0) is 20.9. The summed E-state index contributed by atoms with van der Waals surface area (Å²) in [5, 5.41) is 8.22. The lowest BCUT2D eigenvalue weighted by atomic mass is 10.0. The van der Waals surface area contributed by atoms with Gasteiger partial charge in [0, 0.05) is 31.2 Å². The van der Waals surface area contributed by atoms with Gasteiger partial charge in [-0.15, -0.1) is 0 Å². The number of likely N-dealkylation sites (tertiary alicyclic amines) is 1. The van der Waals surface area contributed by atoms with Gasteiger partial charge in [0.2, 0.25) is 10.0 Å². The Morgan fingerprint density at radius 3 is 2.41 bits per heavy atom. The number of nitrogens with one attached hydrogen (secondary N) is 1. The summed E-state index contributed by atoms with van der Waals surface area (Å²) in [7, 11) is -3.69. The number of ether oxygens (including phenoxy) is 1. The maximum atomic E-state index is 12.4. The molecule has 1 amide bonds. The van der Waals surface area contributed by atoms with Gasteiger partial charge in [0.25, 0.3) is 5.91 Å². The lowest BCUT2D eigenvalue weighted by Crippen LogP contribution is -2.45. The first kappa shape index (κ1) is 21.3. The molecule has 1 heterocycles. The van der Waals surface area contributed by atoms with Crippen LogP contribution >= 0.6 is 0 Å². The molecule has 0 atom stereocenters. The smallest absolute Gasteiger partial charge is 0.251 e. The lowest BCUT2D eigenvalue weighted by Gasteiger charge is -2.32. The molecule has 1 fully saturated rings. The fourth-order valence-corrected chi connectivity index (χ4v) is 3.93. The number of hydrogen-bond acceptors (Lipinski definition) is 5. The molecule has 2 aromatic carbocycles. The maximum Gasteiger partial charge on any atom is 0.251 e. The fraction of sp³-hybridized carbons (Fsp3) is 0.381. The molecular formula is C21H27N3O4S. The predicted molar refractivity (Wildman–Crippen MR) is 111 cm³/mol. The second kappa shape index (κ2) is 9.39. The number of hydrogen-bond donors (Lipinski definition) is 2. The monoisotopic (exact) mass is 417 g/mol. The van der Waals surface area contributed by atoms with Crippen molar-refractivity contribution in [2.24, 2.45) is 5.14 Å². The van der Waals surface area contributed by atoms with E-state index in [-0.39, 0.29) is 16.8 Å². The molecule has 0 radical (unpaired) electrons. The van der Waals surface area contributed by atoms with Gasteiger partial charge in [-0.25, -0.2) is 13.6 Å². The van der Waals surface area contributed by atoms with Crippen LogP contribution in [0.2, 0.25) is 0 Å². The molecule has 0 bridgehead atoms. The minimum Gasteiger partial charge on any atom is -0.492 e. The number of piperidine rings is 1. The first-order valence-corrected chi connectivity index (χ1v) is 11.2. The van der Waals surface area contributed by atoms with Crippen molar-refractivity contribution in [3.8, 4) is 5.75 Å². The molecule has 1 saturated heterocycles. The average molecular weight is 418 g/mol. The Morgan fingerprint density at radius 2 is 1.79 bits per heavy atom. The summed E-state index contributed by atoms with van der Waals surface area (Å²) in [6.07, 6.45) is 1.81. The number of nitrogens with two attached hydrogens (primary N) is 1. The van der Waals surface area contributed by atoms with Crippen molar-refractivity contribution < 1.29 is 17.9 Å². The molecule has 0 unspecified atom stereocenters. The van der Waals surface area contributed by atoms with E-state index in [0.29, 0.717) is 12.4 Å². The predicted octanol–water partition coefficient (Wildman–Crippen LogP) is 1.92. The Hall–Kier alpha value is -2.42. The highest BCUT2D eigenvalue weighted by Crippen LogP contribution is 2.16. The third-order valence-corrected chi connectivity index (χ3v) is 6.07. The first-order valence-electron chi connectivity index (χ1n) is 9.67. The van der Waals surface area contributed by atoms with Crippen molar-refractivity contribution in [1.82, 2.24) is 10.2 Å². The number of sulfonamides is 1. The molecule has 0 aliphatic carbocycles. The van der Waals surface area contributed by atoms with E-state index in [1.807, 2.05) is 31.2 Å². The van der Waals surface area contributed by atoms with Crippen LogP contribution in [-0.2, 0) is 10.0 Å². The summed E-state index contributed by atoms with van der Waals surface area (Å²) in [6.45, 7) is 5.02. The van der Waals surface area contributed by atoms with E-state index in [9.17, 15) is 13.2 Å². The number of aryl methyl sites for hydroxylation is 1. The van der Waals surface area contributed by atoms with E-state index in [4.69, 9.17) is 9.88 Å². The molecule has 0 saturated carbocycles. The molecule has 156 valence electrons. The number of carbonyl (C=O) groups is 1. The molecule has 8 heteroatoms. The molecule has 29 heavy (non-hydrogen) atoms. The average Bonchev–Trinajstić information content (AvgIpc) is 2.69. The van der Waals surface area contributed by atoms with Gasteiger partial charge in [0.15, 0.2) is 0 Å². The molecule has 2 aromatic rings. The van der Waals surface area contributed by atoms with Crippen molar-refractivity contribution in [3.05, 3.63) is 59.7 Å². The molecular weight excluding hydrogens is 390 g/mol. The Bertz CT molecular complexity index is 937. The molecule has 3 rings (SSSR count). The van der Waals surface area contributed by atoms with Gasteiger partial charge in [-0.05, 0) is 55.7 Å². The number of nitrogens with zero attached hydrogens (tertiary/aromatic N) is 1. The number of benzene rings is 2. The topological polar surface area (TPSA) is 102 Å². The van der Waals surface area contributed by atoms with E-state index in [1.54, 1.807) is 12.1 Å². The minimum absolute atomic E-state index is 0.00664. The third kappa shape index (κ3) is 6.03. The molecule has 0 spiro atoms. The Balaban J connectivity index is 1.39. The molecule has 1 aliphatic heterocycles. The van der Waals surface area contributed by atoms with Gasteiger partial charge >= 0.3 is 0 Å². The number of carbonyl (C=O) groups excluding carboxylic acids is 1. The maximum absolute atomic E-state index is 12.4. The summed E-state index contributed by atoms with van der Waals surface area (Å²) in [4.78, 5) is 14.8. The van der Waals surface area contributed by atoms with E-state index in [1.165, 1.54) is 12.1 Å². The van der Waals surface area contributed by atoms with Crippen molar-refractivity contribution >= 4 is 15.9 Å². The van der Waals surface area contributed by atoms with Crippen molar-refractivity contribution in [3.63, 3.8) is 0 Å². The van der Waals surface area contributed by atoms with Crippen LogP contribution in [0.4, 0.5) is 0 Å². The van der Waals surface area contributed by atoms with Crippen LogP contribution in [0, 0.1) is 6.92 Å². The van der Waals surface area contributed by atoms with Gasteiger partial charge in [0.1, 0.15) is 12.4 Å². The second-order valence-electron chi connectivity index (χ2n) is 7.27. The summed E-state index contributed by atoms with van der Waals surface area (Å²) >= 11 is 0. The van der Waals surface area contributed by atoms with Crippen LogP contribution in [0.1, 0.15) is 28.8 Å². The largest absolute Gasteiger partial charge is 0.492 e. The number of primary sulfonamides is 1. The number of amides is 1. The highest BCUT2D eigenvalue weighted by molar-refractivity contribution is 7.89. The van der Waals surface area contributed by atoms with Crippen molar-refractivity contribution in [1.29, 1.82) is 0 Å². The SMILES string of the molecule is Cc1ccccc1C(=O)NC1CCN(CCOc2ccc(S(N)(=O)=O)cc2)CC1. The summed E-state index contributed by atoms with van der Waals surface area (Å²) in [5.74, 6) is 0.602. The molecule has 1 aliphatic rings. The molecule has 0 aromatic heterocycles. The number of rotatable bonds is 7. The Labute approximate surface area is 171 Å². The van der Waals surface area contributed by atoms with E-state index in [2.05, 4.69) is 10.2 Å². The Kier molecular flexibility index (Phi) is 6.89. The fourth-order valence-electron chi connectivity index (χ4n) is 3.41. The van der Waals surface area contributed by atoms with Gasteiger partial charge in [0.05, 0.1) is 4.90 Å². The minimum atomic E-state index is -3.69. The van der Waals surface area contributed by atoms with E-state index >= 15 is 0 Å². The zero-order valence-corrected chi connectivity index (χ0v) is 17.3. The van der Waals surface area contributed by atoms with E-state index < -0.39 is 10.0 Å². The highest BCUT2D eigenvalue weighted by atomic mass is 32.2. The first-order chi connectivity index (χ1) is 13.8.